The summed E-state index contributed by atoms with van der Waals surface area (Å²) in [5.41, 5.74) is 4.52. The van der Waals surface area contributed by atoms with Crippen molar-refractivity contribution in [2.45, 2.75) is 56.3 Å². The van der Waals surface area contributed by atoms with Crippen LogP contribution < -0.4 is 15.1 Å². The Bertz CT molecular complexity index is 1300. The summed E-state index contributed by atoms with van der Waals surface area (Å²) in [5, 5.41) is 2.38. The second-order valence-corrected chi connectivity index (χ2v) is 12.7. The first-order valence-electron chi connectivity index (χ1n) is 13.7. The van der Waals surface area contributed by atoms with Gasteiger partial charge in [-0.25, -0.2) is 0 Å². The number of imide groups is 1. The van der Waals surface area contributed by atoms with Gasteiger partial charge in [0.25, 0.3) is 5.91 Å². The van der Waals surface area contributed by atoms with Gasteiger partial charge in [-0.2, -0.15) is 0 Å². The van der Waals surface area contributed by atoms with Crippen LogP contribution in [0.3, 0.4) is 0 Å². The third-order valence-corrected chi connectivity index (χ3v) is 10.1. The predicted molar refractivity (Wildman–Crippen MR) is 153 cm³/mol. The lowest BCUT2D eigenvalue weighted by Crippen LogP contribution is -2.79. The Hall–Kier alpha value is -2.66. The molecule has 7 rings (SSSR count). The normalized spacial score (nSPS) is 25.3. The summed E-state index contributed by atoms with van der Waals surface area (Å²) in [5.74, 6) is -0.727. The Kier molecular flexibility index (Phi) is 5.92. The zero-order valence-electron chi connectivity index (χ0n) is 21.4. The van der Waals surface area contributed by atoms with E-state index in [4.69, 9.17) is 0 Å². The highest BCUT2D eigenvalue weighted by Crippen LogP contribution is 2.44. The Morgan fingerprint density at radius 3 is 2.29 bits per heavy atom. The summed E-state index contributed by atoms with van der Waals surface area (Å²) in [6.45, 7) is 5.94. The number of likely N-dealkylation sites (tertiary alicyclic amines) is 1. The van der Waals surface area contributed by atoms with E-state index in [1.165, 1.54) is 22.2 Å². The van der Waals surface area contributed by atoms with E-state index >= 15 is 0 Å². The lowest BCUT2D eigenvalue weighted by Gasteiger charge is -2.66. The molecule has 38 heavy (non-hydrogen) atoms. The van der Waals surface area contributed by atoms with Crippen molar-refractivity contribution in [3.8, 4) is 0 Å². The minimum atomic E-state index is -0.566. The van der Waals surface area contributed by atoms with Crippen LogP contribution in [0.25, 0.3) is 0 Å². The molecular weight excluding hydrogens is 593 g/mol. The van der Waals surface area contributed by atoms with E-state index in [1.807, 2.05) is 6.07 Å². The molecule has 8 nitrogen and oxygen atoms in total. The molecule has 5 aliphatic heterocycles. The lowest BCUT2D eigenvalue weighted by atomic mass is 9.75. The number of nitrogens with one attached hydrogen (secondary N) is 1. The van der Waals surface area contributed by atoms with Gasteiger partial charge >= 0.3 is 0 Å². The Morgan fingerprint density at radius 2 is 1.61 bits per heavy atom. The van der Waals surface area contributed by atoms with Crippen molar-refractivity contribution >= 4 is 51.7 Å². The van der Waals surface area contributed by atoms with E-state index in [0.717, 1.165) is 50.3 Å². The Labute approximate surface area is 236 Å². The molecular formula is C29H32IN5O3. The van der Waals surface area contributed by atoms with Gasteiger partial charge in [-0.05, 0) is 96.3 Å². The maximum absolute atomic E-state index is 13.0. The molecule has 5 heterocycles. The largest absolute Gasteiger partial charge is 0.371 e. The molecule has 1 atom stereocenters. The fraction of sp³-hybridized carbons (Fsp3) is 0.483. The van der Waals surface area contributed by atoms with E-state index in [-0.39, 0.29) is 24.1 Å². The highest BCUT2D eigenvalue weighted by molar-refractivity contribution is 14.1. The molecule has 1 spiro atoms. The van der Waals surface area contributed by atoms with E-state index in [1.54, 1.807) is 4.90 Å². The zero-order valence-corrected chi connectivity index (χ0v) is 23.5. The van der Waals surface area contributed by atoms with Crippen molar-refractivity contribution in [2.24, 2.45) is 0 Å². The number of carbonyl (C=O) groups is 3. The molecule has 0 aromatic heterocycles. The van der Waals surface area contributed by atoms with E-state index in [2.05, 4.69) is 79.0 Å². The molecule has 3 amide bonds. The summed E-state index contributed by atoms with van der Waals surface area (Å²) in [4.78, 5) is 46.3. The number of fused-ring (bicyclic) bond motifs is 1. The van der Waals surface area contributed by atoms with Crippen LogP contribution in [0.15, 0.2) is 42.5 Å². The van der Waals surface area contributed by atoms with Gasteiger partial charge in [-0.15, -0.1) is 0 Å². The highest BCUT2D eigenvalue weighted by Gasteiger charge is 2.55. The molecule has 9 heteroatoms. The number of anilines is 2. The second-order valence-electron chi connectivity index (χ2n) is 11.5. The number of nitrogens with zero attached hydrogens (tertiary/aromatic N) is 4. The highest BCUT2D eigenvalue weighted by atomic mass is 127. The third-order valence-electron chi connectivity index (χ3n) is 9.37. The quantitative estimate of drug-likeness (QED) is 0.416. The van der Waals surface area contributed by atoms with Crippen LogP contribution >= 0.6 is 22.6 Å². The maximum atomic E-state index is 13.0. The third kappa shape index (κ3) is 4.00. The Morgan fingerprint density at radius 1 is 0.868 bits per heavy atom. The number of halogens is 1. The fourth-order valence-corrected chi connectivity index (χ4v) is 7.52. The topological polar surface area (TPSA) is 76.2 Å². The molecule has 0 saturated carbocycles. The van der Waals surface area contributed by atoms with Gasteiger partial charge in [0.1, 0.15) is 6.04 Å². The van der Waals surface area contributed by atoms with E-state index < -0.39 is 6.04 Å². The minimum absolute atomic E-state index is 0.109. The molecule has 1 unspecified atom stereocenters. The standard InChI is InChI=1S/C29H32IN5O3/c30-20-1-3-21(4-2-20)33-17-29(18-33)11-14-35(29)22-9-12-32(13-10-22)23-5-6-24-19(15-23)16-34(28(24)38)25-7-8-26(36)31-27(25)37/h1-6,15,22,25H,7-14,16-18H2,(H,31,36,37). The summed E-state index contributed by atoms with van der Waals surface area (Å²) in [7, 11) is 0. The molecule has 4 fully saturated rings. The minimum Gasteiger partial charge on any atom is -0.371 e. The monoisotopic (exact) mass is 625 g/mol. The summed E-state index contributed by atoms with van der Waals surface area (Å²) in [6.07, 6.45) is 4.29. The molecule has 0 bridgehead atoms. The van der Waals surface area contributed by atoms with E-state index in [0.29, 0.717) is 30.1 Å². The van der Waals surface area contributed by atoms with Gasteiger partial charge in [0.15, 0.2) is 0 Å². The van der Waals surface area contributed by atoms with Crippen LogP contribution in [0.2, 0.25) is 0 Å². The van der Waals surface area contributed by atoms with Crippen LogP contribution in [0.1, 0.15) is 48.0 Å². The van der Waals surface area contributed by atoms with Crippen molar-refractivity contribution in [2.75, 3.05) is 42.5 Å². The van der Waals surface area contributed by atoms with Gasteiger partial charge in [0.05, 0.1) is 5.54 Å². The summed E-state index contributed by atoms with van der Waals surface area (Å²) in [6, 6.07) is 15.0. The average Bonchev–Trinajstić information content (AvgIpc) is 3.19. The smallest absolute Gasteiger partial charge is 0.255 e. The number of carbonyl (C=O) groups excluding carboxylic acids is 3. The molecule has 0 radical (unpaired) electrons. The number of amides is 3. The molecule has 198 valence electrons. The number of hydrogen-bond acceptors (Lipinski definition) is 6. The summed E-state index contributed by atoms with van der Waals surface area (Å²) < 4.78 is 1.28. The molecule has 1 N–H and O–H groups in total. The molecule has 2 aromatic rings. The maximum Gasteiger partial charge on any atom is 0.255 e. The predicted octanol–water partition coefficient (Wildman–Crippen LogP) is 2.99. The number of piperidine rings is 2. The van der Waals surface area contributed by atoms with Gasteiger partial charge in [0.2, 0.25) is 11.8 Å². The Balaban J connectivity index is 0.965. The molecule has 0 aliphatic carbocycles. The van der Waals surface area contributed by atoms with Crippen LogP contribution in [0.5, 0.6) is 0 Å². The van der Waals surface area contributed by atoms with Gasteiger partial charge < -0.3 is 14.7 Å². The van der Waals surface area contributed by atoms with Crippen molar-refractivity contribution in [3.63, 3.8) is 0 Å². The van der Waals surface area contributed by atoms with Crippen LogP contribution in [0.4, 0.5) is 11.4 Å². The van der Waals surface area contributed by atoms with Crippen molar-refractivity contribution in [1.82, 2.24) is 15.1 Å². The average molecular weight is 626 g/mol. The number of benzene rings is 2. The second kappa shape index (κ2) is 9.22. The van der Waals surface area contributed by atoms with Crippen LogP contribution in [-0.4, -0.2) is 77.9 Å². The van der Waals surface area contributed by atoms with Gasteiger partial charge in [-0.1, -0.05) is 0 Å². The van der Waals surface area contributed by atoms with Crippen molar-refractivity contribution in [1.29, 1.82) is 0 Å². The van der Waals surface area contributed by atoms with Crippen LogP contribution in [-0.2, 0) is 16.1 Å². The van der Waals surface area contributed by atoms with Crippen molar-refractivity contribution in [3.05, 3.63) is 57.2 Å². The first kappa shape index (κ1) is 24.4. The van der Waals surface area contributed by atoms with Crippen LogP contribution in [0, 0.1) is 3.57 Å². The first-order chi connectivity index (χ1) is 18.4. The van der Waals surface area contributed by atoms with E-state index in [9.17, 15) is 14.4 Å². The van der Waals surface area contributed by atoms with Crippen molar-refractivity contribution < 1.29 is 14.4 Å². The molecule has 5 aliphatic rings. The number of hydrogen-bond donors (Lipinski definition) is 1. The molecule has 2 aromatic carbocycles. The SMILES string of the molecule is O=C1CCC(N2Cc3cc(N4CCC(N5CCC56CN(c5ccc(I)cc5)C6)CC4)ccc3C2=O)C(=O)N1. The first-order valence-corrected chi connectivity index (χ1v) is 14.8. The number of rotatable bonds is 4. The molecule has 4 saturated heterocycles. The fourth-order valence-electron chi connectivity index (χ4n) is 7.16. The van der Waals surface area contributed by atoms with Gasteiger partial charge in [0, 0.05) is 72.2 Å². The summed E-state index contributed by atoms with van der Waals surface area (Å²) >= 11 is 2.36. The van der Waals surface area contributed by atoms with Gasteiger partial charge in [-0.3, -0.25) is 24.6 Å². The lowest BCUT2D eigenvalue weighted by molar-refractivity contribution is -0.136. The zero-order chi connectivity index (χ0) is 26.0.